The van der Waals surface area contributed by atoms with Crippen molar-refractivity contribution in [1.29, 1.82) is 0 Å². The Morgan fingerprint density at radius 3 is 3.09 bits per heavy atom. The minimum atomic E-state index is -0.643. The molecule has 0 spiro atoms. The summed E-state index contributed by atoms with van der Waals surface area (Å²) in [5.41, 5.74) is 6.19. The minimum absolute atomic E-state index is 0.418. The van der Waals surface area contributed by atoms with Crippen molar-refractivity contribution in [3.63, 3.8) is 0 Å². The number of allylic oxidation sites excluding steroid dienone is 2. The maximum Gasteiger partial charge on any atom is 0.153 e. The molecule has 0 bridgehead atoms. The minimum Gasteiger partial charge on any atom is -0.494 e. The summed E-state index contributed by atoms with van der Waals surface area (Å²) in [6, 6.07) is 10.3. The molecule has 0 fully saturated rings. The average molecular weight is 304 g/mol. The molecule has 3 aliphatic rings. The molecule has 5 rings (SSSR count). The Labute approximate surface area is 134 Å². The van der Waals surface area contributed by atoms with Crippen LogP contribution in [-0.4, -0.2) is 27.8 Å². The van der Waals surface area contributed by atoms with Gasteiger partial charge < -0.3 is 14.7 Å². The first-order chi connectivity index (χ1) is 11.2. The molecule has 0 amide bonds. The monoisotopic (exact) mass is 304 g/mol. The molecule has 1 atom stereocenters. The second-order valence-corrected chi connectivity index (χ2v) is 6.27. The highest BCUT2D eigenvalue weighted by Gasteiger charge is 2.37. The standard InChI is InChI=1S/C19H16N2O2/c1-11-6-13-8-17-18-14(7-12-4-2-3-5-16(12)20-18)9-21(17)19(22)15(13)10-23-11/h2-5,7-8,19,22H,1,6,9-10H2. The molecule has 23 heavy (non-hydrogen) atoms. The normalized spacial score (nSPS) is 22.5. The lowest BCUT2D eigenvalue weighted by molar-refractivity contribution is 0.0554. The van der Waals surface area contributed by atoms with Gasteiger partial charge in [0.2, 0.25) is 0 Å². The first kappa shape index (κ1) is 12.9. The molecular formula is C19H16N2O2. The molecule has 2 aromatic rings. The Morgan fingerprint density at radius 1 is 1.30 bits per heavy atom. The van der Waals surface area contributed by atoms with E-state index in [2.05, 4.69) is 24.8 Å². The molecule has 0 saturated carbocycles. The van der Waals surface area contributed by atoms with E-state index in [0.717, 1.165) is 44.8 Å². The molecule has 0 radical (unpaired) electrons. The van der Waals surface area contributed by atoms with Gasteiger partial charge in [0.25, 0.3) is 0 Å². The van der Waals surface area contributed by atoms with Gasteiger partial charge in [0, 0.05) is 23.9 Å². The first-order valence-corrected chi connectivity index (χ1v) is 7.78. The fraction of sp³-hybridized carbons (Fsp3) is 0.211. The summed E-state index contributed by atoms with van der Waals surface area (Å²) >= 11 is 0. The number of hydrogen-bond donors (Lipinski definition) is 1. The maximum atomic E-state index is 10.8. The van der Waals surface area contributed by atoms with Gasteiger partial charge in [-0.05, 0) is 29.3 Å². The second kappa shape index (κ2) is 4.46. The van der Waals surface area contributed by atoms with Crippen LogP contribution < -0.4 is 0 Å². The number of pyridine rings is 1. The van der Waals surface area contributed by atoms with Crippen LogP contribution in [0, 0.1) is 0 Å². The number of nitrogens with zero attached hydrogens (tertiary/aromatic N) is 2. The van der Waals surface area contributed by atoms with Gasteiger partial charge in [0.05, 0.1) is 22.7 Å². The SMILES string of the molecule is C=C1CC2=C(CO1)C(O)N1Cc3cc4ccccc4nc3C1=C2. The predicted molar refractivity (Wildman–Crippen MR) is 88.0 cm³/mol. The number of aromatic nitrogens is 1. The Kier molecular flexibility index (Phi) is 2.50. The van der Waals surface area contributed by atoms with E-state index in [1.807, 2.05) is 23.1 Å². The van der Waals surface area contributed by atoms with Gasteiger partial charge in [0.15, 0.2) is 6.23 Å². The molecule has 0 saturated heterocycles. The van der Waals surface area contributed by atoms with Gasteiger partial charge in [-0.25, -0.2) is 4.98 Å². The van der Waals surface area contributed by atoms with E-state index >= 15 is 0 Å². The number of fused-ring (bicyclic) bond motifs is 4. The van der Waals surface area contributed by atoms with Crippen molar-refractivity contribution in [2.45, 2.75) is 19.2 Å². The summed E-state index contributed by atoms with van der Waals surface area (Å²) in [5, 5.41) is 11.9. The molecule has 3 aliphatic heterocycles. The largest absolute Gasteiger partial charge is 0.494 e. The number of ether oxygens (including phenoxy) is 1. The lowest BCUT2D eigenvalue weighted by atomic mass is 9.95. The molecule has 0 aliphatic carbocycles. The summed E-state index contributed by atoms with van der Waals surface area (Å²) in [4.78, 5) is 6.84. The van der Waals surface area contributed by atoms with Gasteiger partial charge in [-0.15, -0.1) is 0 Å². The molecule has 4 nitrogen and oxygen atoms in total. The quantitative estimate of drug-likeness (QED) is 0.813. The van der Waals surface area contributed by atoms with Crippen molar-refractivity contribution >= 4 is 16.6 Å². The first-order valence-electron chi connectivity index (χ1n) is 7.78. The predicted octanol–water partition coefficient (Wildman–Crippen LogP) is 2.95. The van der Waals surface area contributed by atoms with Crippen LogP contribution in [0.2, 0.25) is 0 Å². The fourth-order valence-electron chi connectivity index (χ4n) is 3.66. The molecule has 4 heteroatoms. The summed E-state index contributed by atoms with van der Waals surface area (Å²) < 4.78 is 5.52. The van der Waals surface area contributed by atoms with Gasteiger partial charge in [-0.1, -0.05) is 24.8 Å². The van der Waals surface area contributed by atoms with Crippen LogP contribution >= 0.6 is 0 Å². The van der Waals surface area contributed by atoms with Crippen molar-refractivity contribution in [3.05, 3.63) is 71.1 Å². The van der Waals surface area contributed by atoms with Gasteiger partial charge in [0.1, 0.15) is 6.61 Å². The number of aliphatic hydroxyl groups excluding tert-OH is 1. The molecule has 1 N–H and O–H groups in total. The van der Waals surface area contributed by atoms with E-state index in [4.69, 9.17) is 9.72 Å². The smallest absolute Gasteiger partial charge is 0.153 e. The molecule has 4 heterocycles. The van der Waals surface area contributed by atoms with Crippen LogP contribution in [-0.2, 0) is 11.3 Å². The summed E-state index contributed by atoms with van der Waals surface area (Å²) in [5.74, 6) is 0.756. The van der Waals surface area contributed by atoms with Gasteiger partial charge in [-0.3, -0.25) is 0 Å². The zero-order valence-electron chi connectivity index (χ0n) is 12.6. The third-order valence-corrected chi connectivity index (χ3v) is 4.85. The highest BCUT2D eigenvalue weighted by molar-refractivity contribution is 5.84. The summed E-state index contributed by atoms with van der Waals surface area (Å²) in [6.07, 6.45) is 2.16. The highest BCUT2D eigenvalue weighted by atomic mass is 16.5. The van der Waals surface area contributed by atoms with Gasteiger partial charge >= 0.3 is 0 Å². The second-order valence-electron chi connectivity index (χ2n) is 6.27. The number of para-hydroxylation sites is 1. The van der Waals surface area contributed by atoms with E-state index in [9.17, 15) is 5.11 Å². The third-order valence-electron chi connectivity index (χ3n) is 4.85. The average Bonchev–Trinajstić information content (AvgIpc) is 2.91. The molecule has 1 unspecified atom stereocenters. The number of rotatable bonds is 0. The van der Waals surface area contributed by atoms with Crippen LogP contribution in [0.15, 0.2) is 59.9 Å². The number of benzene rings is 1. The van der Waals surface area contributed by atoms with Crippen molar-refractivity contribution < 1.29 is 9.84 Å². The van der Waals surface area contributed by atoms with Crippen molar-refractivity contribution in [2.24, 2.45) is 0 Å². The third kappa shape index (κ3) is 1.79. The molecule has 1 aromatic heterocycles. The summed E-state index contributed by atoms with van der Waals surface area (Å²) in [6.45, 7) is 5.00. The molecular weight excluding hydrogens is 288 g/mol. The Balaban J connectivity index is 1.69. The Hall–Kier alpha value is -2.59. The lowest BCUT2D eigenvalue weighted by Crippen LogP contribution is -2.37. The lowest BCUT2D eigenvalue weighted by Gasteiger charge is -2.35. The van der Waals surface area contributed by atoms with Crippen LogP contribution in [0.4, 0.5) is 0 Å². The summed E-state index contributed by atoms with van der Waals surface area (Å²) in [7, 11) is 0. The van der Waals surface area contributed by atoms with E-state index in [-0.39, 0.29) is 0 Å². The topological polar surface area (TPSA) is 45.6 Å². The van der Waals surface area contributed by atoms with Crippen molar-refractivity contribution in [3.8, 4) is 0 Å². The number of aliphatic hydroxyl groups is 1. The van der Waals surface area contributed by atoms with Crippen molar-refractivity contribution in [1.82, 2.24) is 9.88 Å². The number of hydrogen-bond acceptors (Lipinski definition) is 4. The highest BCUT2D eigenvalue weighted by Crippen LogP contribution is 2.42. The maximum absolute atomic E-state index is 10.8. The van der Waals surface area contributed by atoms with Gasteiger partial charge in [-0.2, -0.15) is 0 Å². The van der Waals surface area contributed by atoms with Crippen LogP contribution in [0.3, 0.4) is 0 Å². The van der Waals surface area contributed by atoms with Crippen LogP contribution in [0.5, 0.6) is 0 Å². The van der Waals surface area contributed by atoms with E-state index in [1.54, 1.807) is 0 Å². The molecule has 114 valence electrons. The Morgan fingerprint density at radius 2 is 2.17 bits per heavy atom. The van der Waals surface area contributed by atoms with Crippen LogP contribution in [0.1, 0.15) is 17.7 Å². The Bertz CT molecular complexity index is 926. The zero-order valence-corrected chi connectivity index (χ0v) is 12.6. The zero-order chi connectivity index (χ0) is 15.6. The van der Waals surface area contributed by atoms with Crippen LogP contribution in [0.25, 0.3) is 16.6 Å². The van der Waals surface area contributed by atoms with E-state index in [1.165, 1.54) is 0 Å². The molecule has 1 aromatic carbocycles. The van der Waals surface area contributed by atoms with E-state index < -0.39 is 6.23 Å². The van der Waals surface area contributed by atoms with Crippen molar-refractivity contribution in [2.75, 3.05) is 6.61 Å². The van der Waals surface area contributed by atoms with E-state index in [0.29, 0.717) is 19.6 Å². The fourth-order valence-corrected chi connectivity index (χ4v) is 3.66.